The summed E-state index contributed by atoms with van der Waals surface area (Å²) in [4.78, 5) is 15.5. The number of furan rings is 1. The molecule has 0 atom stereocenters. The maximum Gasteiger partial charge on any atom is 0.164 e. The molecule has 0 bridgehead atoms. The lowest BCUT2D eigenvalue weighted by atomic mass is 9.98. The maximum absolute atomic E-state index is 9.50. The van der Waals surface area contributed by atoms with Gasteiger partial charge in [0.2, 0.25) is 0 Å². The summed E-state index contributed by atoms with van der Waals surface area (Å²) in [5, 5.41) is 2.23. The van der Waals surface area contributed by atoms with Gasteiger partial charge in [0.1, 0.15) is 11.2 Å². The third-order valence-electron chi connectivity index (χ3n) is 11.4. The van der Waals surface area contributed by atoms with E-state index in [4.69, 9.17) is 26.2 Å². The molecule has 9 aromatic carbocycles. The van der Waals surface area contributed by atoms with Gasteiger partial charge in [0.25, 0.3) is 0 Å². The number of hydrogen-bond donors (Lipinski definition) is 0. The predicted molar refractivity (Wildman–Crippen MR) is 254 cm³/mol. The average Bonchev–Trinajstić information content (AvgIpc) is 3.95. The van der Waals surface area contributed by atoms with Crippen molar-refractivity contribution in [2.45, 2.75) is 0 Å². The van der Waals surface area contributed by atoms with E-state index in [1.165, 1.54) is 6.07 Å². The molecule has 0 amide bonds. The number of nitrogens with zero attached hydrogens (tertiary/aromatic N) is 4. The fourth-order valence-electron chi connectivity index (χ4n) is 8.48. The topological polar surface area (TPSA) is 56.7 Å². The van der Waals surface area contributed by atoms with E-state index in [0.29, 0.717) is 34.3 Å². The molecule has 0 saturated carbocycles. The van der Waals surface area contributed by atoms with Crippen LogP contribution < -0.4 is 0 Å². The molecule has 290 valence electrons. The first-order chi connectivity index (χ1) is 33.2. The van der Waals surface area contributed by atoms with Crippen LogP contribution in [0.15, 0.2) is 223 Å². The van der Waals surface area contributed by atoms with Gasteiger partial charge in [-0.05, 0) is 52.6 Å². The normalized spacial score (nSPS) is 12.9. The van der Waals surface area contributed by atoms with Crippen molar-refractivity contribution in [3.8, 4) is 73.2 Å². The summed E-state index contributed by atoms with van der Waals surface area (Å²) in [6, 6.07) is 58.4. The van der Waals surface area contributed by atoms with E-state index in [1.807, 2.05) is 115 Å². The van der Waals surface area contributed by atoms with Crippen LogP contribution in [-0.4, -0.2) is 19.5 Å². The standard InChI is InChI=1S/C57H36N4O/c1-3-15-37(16-4-1)39-29-31-40(32-30-39)55-58-56(42-20-13-19-41(35-42)38-17-5-2-6-18-38)60-57(59-55)43-33-34-46(48-24-14-25-49-47-23-9-12-28-53(47)62-54(48)49)52(36-43)61-50-26-10-7-21-44(50)45-22-8-11-27-51(45)61/h1-36H/i9D,14D,23D,24D,25D,28D. The van der Waals surface area contributed by atoms with E-state index < -0.39 is 0 Å². The molecule has 0 unspecified atom stereocenters. The molecule has 5 heteroatoms. The summed E-state index contributed by atoms with van der Waals surface area (Å²) >= 11 is 0. The summed E-state index contributed by atoms with van der Waals surface area (Å²) in [6.45, 7) is 0. The minimum atomic E-state index is -0.364. The Morgan fingerprint density at radius 3 is 1.61 bits per heavy atom. The molecule has 0 saturated heterocycles. The predicted octanol–water partition coefficient (Wildman–Crippen LogP) is 14.9. The van der Waals surface area contributed by atoms with E-state index in [-0.39, 0.29) is 63.8 Å². The molecule has 0 N–H and O–H groups in total. The molecule has 0 radical (unpaired) electrons. The summed E-state index contributed by atoms with van der Waals surface area (Å²) in [5.41, 5.74) is 9.72. The number of rotatable bonds is 7. The highest BCUT2D eigenvalue weighted by atomic mass is 16.3. The Morgan fingerprint density at radius 1 is 0.371 bits per heavy atom. The second kappa shape index (κ2) is 14.7. The second-order valence-corrected chi connectivity index (χ2v) is 15.1. The summed E-state index contributed by atoms with van der Waals surface area (Å²) in [5.74, 6) is 1.36. The zero-order chi connectivity index (χ0) is 46.2. The summed E-state index contributed by atoms with van der Waals surface area (Å²) < 4.78 is 62.3. The van der Waals surface area contributed by atoms with Crippen LogP contribution >= 0.6 is 0 Å². The van der Waals surface area contributed by atoms with E-state index >= 15 is 0 Å². The monoisotopic (exact) mass is 798 g/mol. The molecule has 5 nitrogen and oxygen atoms in total. The zero-order valence-corrected chi connectivity index (χ0v) is 33.0. The fourth-order valence-corrected chi connectivity index (χ4v) is 8.48. The number of para-hydroxylation sites is 4. The van der Waals surface area contributed by atoms with Crippen LogP contribution in [0.2, 0.25) is 0 Å². The highest BCUT2D eigenvalue weighted by molar-refractivity contribution is 6.12. The minimum Gasteiger partial charge on any atom is -0.455 e. The van der Waals surface area contributed by atoms with Crippen LogP contribution in [0.1, 0.15) is 8.22 Å². The Bertz CT molecular complexity index is 3930. The Balaban J connectivity index is 1.14. The molecular formula is C57H36N4O. The van der Waals surface area contributed by atoms with Crippen LogP contribution in [0, 0.1) is 0 Å². The Kier molecular flexibility index (Phi) is 7.05. The summed E-state index contributed by atoms with van der Waals surface area (Å²) in [6.07, 6.45) is 0. The Labute approximate surface area is 366 Å². The van der Waals surface area contributed by atoms with E-state index in [2.05, 4.69) is 65.2 Å². The molecule has 3 heterocycles. The van der Waals surface area contributed by atoms with Gasteiger partial charge in [-0.15, -0.1) is 0 Å². The van der Waals surface area contributed by atoms with Crippen molar-refractivity contribution in [2.75, 3.05) is 0 Å². The van der Waals surface area contributed by atoms with Crippen molar-refractivity contribution >= 4 is 43.7 Å². The van der Waals surface area contributed by atoms with E-state index in [9.17, 15) is 1.37 Å². The first-order valence-corrected chi connectivity index (χ1v) is 20.4. The number of benzene rings is 9. The van der Waals surface area contributed by atoms with Gasteiger partial charge in [-0.1, -0.05) is 188 Å². The van der Waals surface area contributed by atoms with Gasteiger partial charge >= 0.3 is 0 Å². The largest absolute Gasteiger partial charge is 0.455 e. The number of fused-ring (bicyclic) bond motifs is 6. The lowest BCUT2D eigenvalue weighted by Crippen LogP contribution is -2.02. The van der Waals surface area contributed by atoms with Gasteiger partial charge in [-0.25, -0.2) is 15.0 Å². The average molecular weight is 799 g/mol. The molecule has 0 aliphatic carbocycles. The maximum atomic E-state index is 9.50. The van der Waals surface area contributed by atoms with Crippen molar-refractivity contribution in [3.63, 3.8) is 0 Å². The summed E-state index contributed by atoms with van der Waals surface area (Å²) in [7, 11) is 0. The minimum absolute atomic E-state index is 0.0224. The van der Waals surface area contributed by atoms with E-state index in [1.54, 1.807) is 0 Å². The van der Waals surface area contributed by atoms with Crippen molar-refractivity contribution in [3.05, 3.63) is 218 Å². The molecule has 0 aliphatic rings. The SMILES string of the molecule is [2H]c1cc([2H])c2oc3c(-c4ccc(-c5nc(-c6ccc(-c7ccccc7)cc6)nc(-c6cccc(-c7ccccc7)c6)n5)cc4-n4c5ccccc5c5ccccc54)c([2H])c([2H])c([2H])c3c2c1[2H]. The molecule has 3 aromatic heterocycles. The number of aromatic nitrogens is 4. The first-order valence-electron chi connectivity index (χ1n) is 23.4. The Hall–Kier alpha value is -8.41. The number of hydrogen-bond acceptors (Lipinski definition) is 4. The van der Waals surface area contributed by atoms with Crippen LogP contribution in [0.4, 0.5) is 0 Å². The van der Waals surface area contributed by atoms with Gasteiger partial charge in [0, 0.05) is 49.4 Å². The van der Waals surface area contributed by atoms with Crippen LogP contribution in [0.3, 0.4) is 0 Å². The quantitative estimate of drug-likeness (QED) is 0.161. The second-order valence-electron chi connectivity index (χ2n) is 15.1. The molecule has 12 rings (SSSR count). The smallest absolute Gasteiger partial charge is 0.164 e. The van der Waals surface area contributed by atoms with E-state index in [0.717, 1.165) is 55.2 Å². The van der Waals surface area contributed by atoms with Crippen LogP contribution in [-0.2, 0) is 0 Å². The van der Waals surface area contributed by atoms with Gasteiger partial charge in [0.05, 0.1) is 24.9 Å². The Morgan fingerprint density at radius 2 is 0.903 bits per heavy atom. The fraction of sp³-hybridized carbons (Fsp3) is 0. The molecule has 0 aliphatic heterocycles. The van der Waals surface area contributed by atoms with Gasteiger partial charge in [0.15, 0.2) is 17.5 Å². The van der Waals surface area contributed by atoms with Gasteiger partial charge in [-0.3, -0.25) is 0 Å². The molecular weight excluding hydrogens is 757 g/mol. The lowest BCUT2D eigenvalue weighted by molar-refractivity contribution is 0.670. The zero-order valence-electron chi connectivity index (χ0n) is 39.0. The highest BCUT2D eigenvalue weighted by Gasteiger charge is 2.21. The van der Waals surface area contributed by atoms with Crippen molar-refractivity contribution < 1.29 is 12.6 Å². The van der Waals surface area contributed by atoms with Crippen molar-refractivity contribution in [2.24, 2.45) is 0 Å². The third-order valence-corrected chi connectivity index (χ3v) is 11.4. The van der Waals surface area contributed by atoms with Crippen molar-refractivity contribution in [1.82, 2.24) is 19.5 Å². The molecule has 0 fully saturated rings. The molecule has 12 aromatic rings. The van der Waals surface area contributed by atoms with Gasteiger partial charge < -0.3 is 8.98 Å². The lowest BCUT2D eigenvalue weighted by Gasteiger charge is -2.16. The first kappa shape index (κ1) is 29.7. The van der Waals surface area contributed by atoms with Crippen LogP contribution in [0.25, 0.3) is 117 Å². The van der Waals surface area contributed by atoms with Crippen molar-refractivity contribution in [1.29, 1.82) is 0 Å². The third kappa shape index (κ3) is 6.06. The molecule has 62 heavy (non-hydrogen) atoms. The molecule has 0 spiro atoms. The van der Waals surface area contributed by atoms with Gasteiger partial charge in [-0.2, -0.15) is 0 Å². The highest BCUT2D eigenvalue weighted by Crippen LogP contribution is 2.42. The van der Waals surface area contributed by atoms with Crippen LogP contribution in [0.5, 0.6) is 0 Å².